The fourth-order valence-electron chi connectivity index (χ4n) is 5.93. The van der Waals surface area contributed by atoms with Crippen molar-refractivity contribution in [2.75, 3.05) is 55.4 Å². The fraction of sp³-hybridized carbons (Fsp3) is 1.00. The van der Waals surface area contributed by atoms with Gasteiger partial charge in [-0.1, -0.05) is 0 Å². The van der Waals surface area contributed by atoms with Crippen LogP contribution in [0.3, 0.4) is 0 Å². The Bertz CT molecular complexity index is 1660. The second-order valence-electron chi connectivity index (χ2n) is 11.5. The molecule has 3 aliphatic heterocycles. The Kier molecular flexibility index (Phi) is 17.4. The summed E-state index contributed by atoms with van der Waals surface area (Å²) in [5, 5.41) is 21.3. The molecule has 0 saturated carbocycles. The van der Waals surface area contributed by atoms with E-state index in [0.717, 1.165) is 14.2 Å². The molecule has 6 N–H and O–H groups in total. The van der Waals surface area contributed by atoms with E-state index in [2.05, 4.69) is 16.7 Å². The maximum atomic E-state index is 11.9. The largest absolute Gasteiger partial charge is 0.397 e. The van der Waals surface area contributed by atoms with Crippen LogP contribution >= 0.6 is 0 Å². The average Bonchev–Trinajstić information content (AvgIpc) is 3.05. The van der Waals surface area contributed by atoms with Gasteiger partial charge in [-0.25, -0.2) is 16.7 Å². The minimum absolute atomic E-state index is 0.216. The molecule has 3 heterocycles. The lowest BCUT2D eigenvalue weighted by molar-refractivity contribution is -0.380. The van der Waals surface area contributed by atoms with Crippen molar-refractivity contribution in [3.63, 3.8) is 0 Å². The Morgan fingerprint density at radius 2 is 0.855 bits per heavy atom. The van der Waals surface area contributed by atoms with Crippen LogP contribution in [0.1, 0.15) is 0 Å². The lowest BCUT2D eigenvalue weighted by Gasteiger charge is -2.50. The molecular formula is C23H42O28S4. The molecule has 0 radical (unpaired) electrons. The molecular weight excluding hydrogens is 852 g/mol. The molecule has 0 aromatic heterocycles. The van der Waals surface area contributed by atoms with Gasteiger partial charge in [-0.05, 0) is 0 Å². The first-order valence-electron chi connectivity index (χ1n) is 15.1. The van der Waals surface area contributed by atoms with Crippen LogP contribution in [-0.4, -0.2) is 210 Å². The standard InChI is InChI=1S/C23H42O28S4/c1-38-6-10-13(16(39-2)18(41-4)21(25)45-10)48-22-19(42-5)17(40-3)14(11(47-22)8-44-53(29,30)31)49-23-20(51-55(35,36)37)15(50-54(32,33)34)12(24)9(46-23)7-43-52(26,27)28/h9-25H,6-8H2,1-5H3,(H,26,27,28)(H,29,30,31)(H,32,33,34)(H,35,36,37)/t9-,10-,11-,12-,13-,14-,15+,16+,17+,18-,19-,20-,21-,22+,23+/m1/s1. The zero-order valence-electron chi connectivity index (χ0n) is 29.1. The number of methoxy groups -OCH3 is 5. The van der Waals surface area contributed by atoms with E-state index >= 15 is 0 Å². The van der Waals surface area contributed by atoms with Crippen LogP contribution in [0.5, 0.6) is 0 Å². The zero-order chi connectivity index (χ0) is 41.7. The van der Waals surface area contributed by atoms with Crippen LogP contribution in [0.2, 0.25) is 0 Å². The van der Waals surface area contributed by atoms with Crippen molar-refractivity contribution >= 4 is 41.6 Å². The predicted octanol–water partition coefficient (Wildman–Crippen LogP) is -4.99. The average molecular weight is 895 g/mol. The second kappa shape index (κ2) is 19.8. The molecule has 55 heavy (non-hydrogen) atoms. The highest BCUT2D eigenvalue weighted by Gasteiger charge is 2.57. The molecule has 15 atom stereocenters. The van der Waals surface area contributed by atoms with E-state index in [1.165, 1.54) is 21.3 Å². The van der Waals surface area contributed by atoms with Gasteiger partial charge in [-0.3, -0.25) is 18.2 Å². The molecule has 0 bridgehead atoms. The van der Waals surface area contributed by atoms with Crippen molar-refractivity contribution in [3.8, 4) is 0 Å². The number of rotatable bonds is 20. The van der Waals surface area contributed by atoms with Crippen LogP contribution in [-0.2, 0) is 106 Å². The van der Waals surface area contributed by atoms with Gasteiger partial charge in [0, 0.05) is 35.5 Å². The molecule has 3 saturated heterocycles. The quantitative estimate of drug-likeness (QED) is 0.0623. The second-order valence-corrected chi connectivity index (χ2v) is 15.8. The van der Waals surface area contributed by atoms with E-state index in [0.29, 0.717) is 0 Å². The van der Waals surface area contributed by atoms with Crippen LogP contribution in [0, 0.1) is 0 Å². The van der Waals surface area contributed by atoms with Crippen LogP contribution in [0.15, 0.2) is 0 Å². The van der Waals surface area contributed by atoms with Crippen molar-refractivity contribution in [2.45, 2.75) is 92.1 Å². The molecule has 3 rings (SSSR count). The Morgan fingerprint density at radius 3 is 1.29 bits per heavy atom. The highest BCUT2D eigenvalue weighted by atomic mass is 32.3. The summed E-state index contributed by atoms with van der Waals surface area (Å²) >= 11 is 0. The SMILES string of the molecule is COC[C@H]1O[C@@H](O)[C@H](OC)[C@@H](OC)[C@@H]1O[C@@H]1O[C@H](COS(=O)(=O)O)[C@@H](O[C@@H]2O[C@H](COS(=O)(=O)O)[C@@H](O)[C@H](OS(=O)(=O)O)[C@H]2OS(=O)(=O)O)[C@H](OC)[C@H]1OC. The zero-order valence-corrected chi connectivity index (χ0v) is 32.3. The van der Waals surface area contributed by atoms with Crippen molar-refractivity contribution in [1.29, 1.82) is 0 Å². The minimum atomic E-state index is -5.69. The summed E-state index contributed by atoms with van der Waals surface area (Å²) in [7, 11) is -16.0. The summed E-state index contributed by atoms with van der Waals surface area (Å²) in [5.74, 6) is 0. The maximum absolute atomic E-state index is 11.9. The van der Waals surface area contributed by atoms with Gasteiger partial charge >= 0.3 is 41.6 Å². The van der Waals surface area contributed by atoms with Crippen molar-refractivity contribution in [1.82, 2.24) is 0 Å². The van der Waals surface area contributed by atoms with E-state index in [4.69, 9.17) is 51.9 Å². The smallest absolute Gasteiger partial charge is 0.387 e. The number of ether oxygens (including phenoxy) is 10. The number of hydrogen-bond acceptors (Lipinski definition) is 24. The van der Waals surface area contributed by atoms with Gasteiger partial charge in [-0.2, -0.15) is 33.7 Å². The third kappa shape index (κ3) is 13.8. The molecule has 0 aliphatic carbocycles. The first-order valence-corrected chi connectivity index (χ1v) is 20.6. The molecule has 3 fully saturated rings. The van der Waals surface area contributed by atoms with Gasteiger partial charge in [0.05, 0.1) is 19.8 Å². The van der Waals surface area contributed by atoms with E-state index in [-0.39, 0.29) is 6.61 Å². The van der Waals surface area contributed by atoms with Gasteiger partial charge in [0.2, 0.25) is 0 Å². The molecule has 32 heteroatoms. The monoisotopic (exact) mass is 894 g/mol. The fourth-order valence-corrected chi connectivity index (χ4v) is 7.52. The molecule has 0 amide bonds. The molecule has 3 aliphatic rings. The van der Waals surface area contributed by atoms with Crippen molar-refractivity contribution < 1.29 is 126 Å². The van der Waals surface area contributed by atoms with Gasteiger partial charge < -0.3 is 57.6 Å². The van der Waals surface area contributed by atoms with Gasteiger partial charge in [0.15, 0.2) is 25.0 Å². The molecule has 0 unspecified atom stereocenters. The third-order valence-corrected chi connectivity index (χ3v) is 9.85. The van der Waals surface area contributed by atoms with E-state index in [9.17, 15) is 57.5 Å². The van der Waals surface area contributed by atoms with Crippen LogP contribution in [0.25, 0.3) is 0 Å². The molecule has 0 aromatic carbocycles. The highest BCUT2D eigenvalue weighted by molar-refractivity contribution is 7.81. The number of aliphatic hydroxyl groups excluding tert-OH is 2. The molecule has 0 aromatic rings. The van der Waals surface area contributed by atoms with Crippen molar-refractivity contribution in [2.24, 2.45) is 0 Å². The first kappa shape index (κ1) is 48.4. The van der Waals surface area contributed by atoms with E-state index < -0.39 is 147 Å². The summed E-state index contributed by atoms with van der Waals surface area (Å²) in [5.41, 5.74) is 0. The maximum Gasteiger partial charge on any atom is 0.397 e. The summed E-state index contributed by atoms with van der Waals surface area (Å²) in [4.78, 5) is 0. The van der Waals surface area contributed by atoms with Crippen molar-refractivity contribution in [3.05, 3.63) is 0 Å². The normalized spacial score (nSPS) is 38.2. The van der Waals surface area contributed by atoms with E-state index in [1.54, 1.807) is 0 Å². The molecule has 0 spiro atoms. The topological polar surface area (TPSA) is 387 Å². The Balaban J connectivity index is 2.13. The summed E-state index contributed by atoms with van der Waals surface area (Å²) in [6, 6.07) is 0. The summed E-state index contributed by atoms with van der Waals surface area (Å²) in [6.07, 6.45) is -27.4. The van der Waals surface area contributed by atoms with Gasteiger partial charge in [0.1, 0.15) is 67.1 Å². The van der Waals surface area contributed by atoms with Crippen LogP contribution in [0.4, 0.5) is 0 Å². The lowest BCUT2D eigenvalue weighted by atomic mass is 9.95. The molecule has 326 valence electrons. The van der Waals surface area contributed by atoms with Gasteiger partial charge in [-0.15, -0.1) is 0 Å². The third-order valence-electron chi connectivity index (χ3n) is 8.05. The molecule has 28 nitrogen and oxygen atoms in total. The Labute approximate surface area is 314 Å². The summed E-state index contributed by atoms with van der Waals surface area (Å²) in [6.45, 7) is -2.80. The highest BCUT2D eigenvalue weighted by Crippen LogP contribution is 2.37. The van der Waals surface area contributed by atoms with Crippen LogP contribution < -0.4 is 0 Å². The van der Waals surface area contributed by atoms with E-state index in [1.807, 2.05) is 0 Å². The Hall–Kier alpha value is -1.00. The minimum Gasteiger partial charge on any atom is -0.387 e. The Morgan fingerprint density at radius 1 is 0.455 bits per heavy atom. The lowest BCUT2D eigenvalue weighted by Crippen LogP contribution is -2.68. The number of aliphatic hydroxyl groups is 2. The van der Waals surface area contributed by atoms with Gasteiger partial charge in [0.25, 0.3) is 0 Å². The predicted molar refractivity (Wildman–Crippen MR) is 167 cm³/mol. The first-order chi connectivity index (χ1) is 25.4. The summed E-state index contributed by atoms with van der Waals surface area (Å²) < 4.78 is 204. The number of hydrogen-bond donors (Lipinski definition) is 6.